The molecule has 1 aromatic carbocycles. The molecule has 78 valence electrons. The van der Waals surface area contributed by atoms with E-state index in [1.54, 1.807) is 11.3 Å². The summed E-state index contributed by atoms with van der Waals surface area (Å²) < 4.78 is 0. The molecular weight excluding hydrogens is 206 g/mol. The first-order valence-electron chi connectivity index (χ1n) is 4.73. The summed E-state index contributed by atoms with van der Waals surface area (Å²) in [5, 5.41) is 2.96. The van der Waals surface area contributed by atoms with Crippen molar-refractivity contribution in [3.05, 3.63) is 41.4 Å². The summed E-state index contributed by atoms with van der Waals surface area (Å²) in [6.07, 6.45) is 1.81. The van der Waals surface area contributed by atoms with Crippen LogP contribution in [0.25, 0.3) is 0 Å². The largest absolute Gasteiger partial charge is 0.326 e. The molecule has 4 heteroatoms. The summed E-state index contributed by atoms with van der Waals surface area (Å²) in [6.45, 7) is 0.569. The summed E-state index contributed by atoms with van der Waals surface area (Å²) in [7, 11) is 2.01. The van der Waals surface area contributed by atoms with Gasteiger partial charge in [-0.3, -0.25) is 0 Å². The van der Waals surface area contributed by atoms with Gasteiger partial charge in [0.15, 0.2) is 5.13 Å². The molecule has 0 spiro atoms. The van der Waals surface area contributed by atoms with Gasteiger partial charge in [-0.1, -0.05) is 12.1 Å². The molecule has 2 rings (SSSR count). The number of hydrogen-bond acceptors (Lipinski definition) is 4. The van der Waals surface area contributed by atoms with Crippen molar-refractivity contribution in [1.82, 2.24) is 4.98 Å². The Balaban J connectivity index is 2.29. The second-order valence-electron chi connectivity index (χ2n) is 3.25. The van der Waals surface area contributed by atoms with Crippen LogP contribution in [0, 0.1) is 0 Å². The van der Waals surface area contributed by atoms with Crippen LogP contribution in [0.15, 0.2) is 35.8 Å². The Kier molecular flexibility index (Phi) is 2.99. The Hall–Kier alpha value is -1.39. The molecule has 0 saturated heterocycles. The Labute approximate surface area is 93.2 Å². The number of aromatic nitrogens is 1. The Morgan fingerprint density at radius 2 is 2.33 bits per heavy atom. The minimum atomic E-state index is 0.569. The topological polar surface area (TPSA) is 42.1 Å². The maximum Gasteiger partial charge on any atom is 0.189 e. The van der Waals surface area contributed by atoms with Gasteiger partial charge in [-0.05, 0) is 17.7 Å². The normalized spacial score (nSPS) is 10.3. The van der Waals surface area contributed by atoms with E-state index in [0.717, 1.165) is 16.4 Å². The number of hydrogen-bond donors (Lipinski definition) is 1. The van der Waals surface area contributed by atoms with Crippen molar-refractivity contribution >= 4 is 22.2 Å². The number of rotatable bonds is 3. The quantitative estimate of drug-likeness (QED) is 0.861. The van der Waals surface area contributed by atoms with Gasteiger partial charge in [0.2, 0.25) is 0 Å². The molecule has 0 amide bonds. The lowest BCUT2D eigenvalue weighted by Gasteiger charge is -2.16. The van der Waals surface area contributed by atoms with Crippen molar-refractivity contribution in [1.29, 1.82) is 0 Å². The van der Waals surface area contributed by atoms with E-state index in [1.165, 1.54) is 0 Å². The van der Waals surface area contributed by atoms with E-state index in [0.29, 0.717) is 6.54 Å². The lowest BCUT2D eigenvalue weighted by atomic mass is 10.2. The van der Waals surface area contributed by atoms with Crippen LogP contribution in [-0.2, 0) is 6.54 Å². The Morgan fingerprint density at radius 3 is 3.00 bits per heavy atom. The lowest BCUT2D eigenvalue weighted by molar-refractivity contribution is 1.06. The molecule has 1 heterocycles. The minimum absolute atomic E-state index is 0.569. The summed E-state index contributed by atoms with van der Waals surface area (Å²) in [5.41, 5.74) is 7.86. The minimum Gasteiger partial charge on any atom is -0.326 e. The van der Waals surface area contributed by atoms with E-state index in [1.807, 2.05) is 30.8 Å². The third kappa shape index (κ3) is 2.16. The third-order valence-corrected chi connectivity index (χ3v) is 3.09. The SMILES string of the molecule is CN(c1cccc(CN)c1)c1nccs1. The molecule has 15 heavy (non-hydrogen) atoms. The highest BCUT2D eigenvalue weighted by molar-refractivity contribution is 7.13. The van der Waals surface area contributed by atoms with E-state index < -0.39 is 0 Å². The van der Waals surface area contributed by atoms with Crippen molar-refractivity contribution in [2.24, 2.45) is 5.73 Å². The van der Waals surface area contributed by atoms with E-state index in [4.69, 9.17) is 5.73 Å². The van der Waals surface area contributed by atoms with Gasteiger partial charge < -0.3 is 10.6 Å². The van der Waals surface area contributed by atoms with Crippen LogP contribution in [0.1, 0.15) is 5.56 Å². The first-order chi connectivity index (χ1) is 7.31. The van der Waals surface area contributed by atoms with E-state index in [9.17, 15) is 0 Å². The second kappa shape index (κ2) is 4.42. The highest BCUT2D eigenvalue weighted by Gasteiger charge is 2.05. The molecule has 2 N–H and O–H groups in total. The molecule has 1 aromatic heterocycles. The van der Waals surface area contributed by atoms with Crippen LogP contribution in [-0.4, -0.2) is 12.0 Å². The number of nitrogens with two attached hydrogens (primary N) is 1. The molecule has 0 unspecified atom stereocenters. The summed E-state index contributed by atoms with van der Waals surface area (Å²) in [6, 6.07) is 8.18. The molecule has 2 aromatic rings. The van der Waals surface area contributed by atoms with Crippen molar-refractivity contribution in [2.75, 3.05) is 11.9 Å². The Morgan fingerprint density at radius 1 is 1.47 bits per heavy atom. The van der Waals surface area contributed by atoms with Crippen LogP contribution in [0.4, 0.5) is 10.8 Å². The van der Waals surface area contributed by atoms with Crippen LogP contribution in [0.5, 0.6) is 0 Å². The summed E-state index contributed by atoms with van der Waals surface area (Å²) in [4.78, 5) is 6.32. The molecule has 0 aliphatic carbocycles. The van der Waals surface area contributed by atoms with Crippen molar-refractivity contribution in [3.8, 4) is 0 Å². The van der Waals surface area contributed by atoms with Gasteiger partial charge in [0, 0.05) is 30.9 Å². The zero-order valence-corrected chi connectivity index (χ0v) is 9.37. The fourth-order valence-corrected chi connectivity index (χ4v) is 2.01. The molecule has 0 radical (unpaired) electrons. The van der Waals surface area contributed by atoms with E-state index in [-0.39, 0.29) is 0 Å². The predicted octanol–water partition coefficient (Wildman–Crippen LogP) is 2.37. The standard InChI is InChI=1S/C11H13N3S/c1-14(11-13-5-6-15-11)10-4-2-3-9(7-10)8-12/h2-7H,8,12H2,1H3. The first kappa shape index (κ1) is 10.1. The fraction of sp³-hybridized carbons (Fsp3) is 0.182. The van der Waals surface area contributed by atoms with E-state index in [2.05, 4.69) is 22.0 Å². The molecular formula is C11H13N3S. The summed E-state index contributed by atoms with van der Waals surface area (Å²) in [5.74, 6) is 0. The second-order valence-corrected chi connectivity index (χ2v) is 4.12. The van der Waals surface area contributed by atoms with Gasteiger partial charge in [0.1, 0.15) is 0 Å². The van der Waals surface area contributed by atoms with Crippen LogP contribution in [0.2, 0.25) is 0 Å². The number of thiazole rings is 1. The van der Waals surface area contributed by atoms with Gasteiger partial charge >= 0.3 is 0 Å². The number of nitrogens with zero attached hydrogens (tertiary/aromatic N) is 2. The first-order valence-corrected chi connectivity index (χ1v) is 5.61. The average Bonchev–Trinajstić information content (AvgIpc) is 2.81. The molecule has 0 bridgehead atoms. The zero-order valence-electron chi connectivity index (χ0n) is 8.55. The smallest absolute Gasteiger partial charge is 0.189 e. The maximum atomic E-state index is 5.61. The molecule has 0 aliphatic rings. The van der Waals surface area contributed by atoms with Crippen LogP contribution in [0.3, 0.4) is 0 Å². The molecule has 3 nitrogen and oxygen atoms in total. The van der Waals surface area contributed by atoms with Crippen molar-refractivity contribution in [2.45, 2.75) is 6.54 Å². The maximum absolute atomic E-state index is 5.61. The third-order valence-electron chi connectivity index (χ3n) is 2.24. The van der Waals surface area contributed by atoms with Crippen LogP contribution >= 0.6 is 11.3 Å². The van der Waals surface area contributed by atoms with Crippen molar-refractivity contribution < 1.29 is 0 Å². The van der Waals surface area contributed by atoms with Gasteiger partial charge in [-0.2, -0.15) is 0 Å². The highest BCUT2D eigenvalue weighted by Crippen LogP contribution is 2.25. The molecule has 0 fully saturated rings. The zero-order chi connectivity index (χ0) is 10.7. The fourth-order valence-electron chi connectivity index (χ4n) is 1.38. The van der Waals surface area contributed by atoms with Gasteiger partial charge in [-0.25, -0.2) is 4.98 Å². The van der Waals surface area contributed by atoms with Crippen molar-refractivity contribution in [3.63, 3.8) is 0 Å². The van der Waals surface area contributed by atoms with Gasteiger partial charge in [0.25, 0.3) is 0 Å². The lowest BCUT2D eigenvalue weighted by Crippen LogP contribution is -2.09. The van der Waals surface area contributed by atoms with Crippen LogP contribution < -0.4 is 10.6 Å². The number of anilines is 2. The highest BCUT2D eigenvalue weighted by atomic mass is 32.1. The summed E-state index contributed by atoms with van der Waals surface area (Å²) >= 11 is 1.62. The number of benzene rings is 1. The monoisotopic (exact) mass is 219 g/mol. The molecule has 0 saturated carbocycles. The predicted molar refractivity (Wildman–Crippen MR) is 64.5 cm³/mol. The molecule has 0 atom stereocenters. The Bertz CT molecular complexity index is 425. The average molecular weight is 219 g/mol. The van der Waals surface area contributed by atoms with Gasteiger partial charge in [0.05, 0.1) is 0 Å². The van der Waals surface area contributed by atoms with Gasteiger partial charge in [-0.15, -0.1) is 11.3 Å². The van der Waals surface area contributed by atoms with E-state index >= 15 is 0 Å². The molecule has 0 aliphatic heterocycles.